The molecule has 1 amide bonds. The molecule has 146 valence electrons. The Hall–Kier alpha value is -3.09. The standard InChI is InChI=1S/C21H19F3N2O2/c1-14-2-6-16(7-3-14)18-13-26-20(28-18)11-10-19(27)25-12-15-4-8-17(9-5-15)21(22,23)24/h2-9,13H,10-12H2,1H3,(H,25,27). The van der Waals surface area contributed by atoms with Gasteiger partial charge in [-0.1, -0.05) is 42.0 Å². The van der Waals surface area contributed by atoms with Crippen molar-refractivity contribution in [2.45, 2.75) is 32.5 Å². The van der Waals surface area contributed by atoms with Crippen LogP contribution in [0.25, 0.3) is 11.3 Å². The van der Waals surface area contributed by atoms with Gasteiger partial charge in [-0.3, -0.25) is 4.79 Å². The Morgan fingerprint density at radius 2 is 1.75 bits per heavy atom. The molecular weight excluding hydrogens is 369 g/mol. The van der Waals surface area contributed by atoms with Crippen LogP contribution in [0, 0.1) is 6.92 Å². The number of nitrogens with one attached hydrogen (secondary N) is 1. The number of halogens is 3. The maximum Gasteiger partial charge on any atom is 0.416 e. The lowest BCUT2D eigenvalue weighted by Gasteiger charge is -2.08. The van der Waals surface area contributed by atoms with E-state index < -0.39 is 11.7 Å². The van der Waals surface area contributed by atoms with E-state index in [0.717, 1.165) is 23.3 Å². The number of rotatable bonds is 6. The number of amides is 1. The molecule has 4 nitrogen and oxygen atoms in total. The van der Waals surface area contributed by atoms with E-state index in [4.69, 9.17) is 4.42 Å². The number of carbonyl (C=O) groups excluding carboxylic acids is 1. The summed E-state index contributed by atoms with van der Waals surface area (Å²) < 4.78 is 43.3. The molecule has 0 atom stereocenters. The number of carbonyl (C=O) groups is 1. The van der Waals surface area contributed by atoms with Gasteiger partial charge in [0, 0.05) is 24.9 Å². The minimum Gasteiger partial charge on any atom is -0.441 e. The van der Waals surface area contributed by atoms with Gasteiger partial charge >= 0.3 is 6.18 Å². The minimum absolute atomic E-state index is 0.164. The molecule has 0 bridgehead atoms. The fourth-order valence-electron chi connectivity index (χ4n) is 2.60. The lowest BCUT2D eigenvalue weighted by Crippen LogP contribution is -2.23. The average Bonchev–Trinajstić information content (AvgIpc) is 3.14. The summed E-state index contributed by atoms with van der Waals surface area (Å²) in [6.07, 6.45) is -2.23. The van der Waals surface area contributed by atoms with Gasteiger partial charge in [0.05, 0.1) is 11.8 Å². The number of alkyl halides is 3. The molecule has 0 saturated carbocycles. The molecule has 1 N–H and O–H groups in total. The third-order valence-electron chi connectivity index (χ3n) is 4.23. The van der Waals surface area contributed by atoms with E-state index in [2.05, 4.69) is 10.3 Å². The van der Waals surface area contributed by atoms with Gasteiger partial charge in [-0.2, -0.15) is 13.2 Å². The van der Waals surface area contributed by atoms with Gasteiger partial charge in [-0.25, -0.2) is 4.98 Å². The lowest BCUT2D eigenvalue weighted by atomic mass is 10.1. The molecule has 3 rings (SSSR count). The van der Waals surface area contributed by atoms with Crippen molar-refractivity contribution in [3.05, 3.63) is 77.3 Å². The van der Waals surface area contributed by atoms with Gasteiger partial charge in [-0.15, -0.1) is 0 Å². The molecule has 0 aliphatic carbocycles. The second-order valence-electron chi connectivity index (χ2n) is 6.46. The first-order chi connectivity index (χ1) is 13.3. The highest BCUT2D eigenvalue weighted by Crippen LogP contribution is 2.29. The molecule has 0 radical (unpaired) electrons. The normalized spacial score (nSPS) is 11.4. The fourth-order valence-corrected chi connectivity index (χ4v) is 2.60. The molecule has 28 heavy (non-hydrogen) atoms. The van der Waals surface area contributed by atoms with Crippen molar-refractivity contribution in [1.29, 1.82) is 0 Å². The average molecular weight is 388 g/mol. The van der Waals surface area contributed by atoms with Gasteiger partial charge in [0.2, 0.25) is 5.91 Å². The highest BCUT2D eigenvalue weighted by atomic mass is 19.4. The Morgan fingerprint density at radius 3 is 2.39 bits per heavy atom. The van der Waals surface area contributed by atoms with E-state index in [0.29, 0.717) is 23.6 Å². The Morgan fingerprint density at radius 1 is 1.07 bits per heavy atom. The van der Waals surface area contributed by atoms with Crippen molar-refractivity contribution in [3.8, 4) is 11.3 Å². The summed E-state index contributed by atoms with van der Waals surface area (Å²) in [7, 11) is 0. The summed E-state index contributed by atoms with van der Waals surface area (Å²) >= 11 is 0. The first-order valence-corrected chi connectivity index (χ1v) is 8.76. The summed E-state index contributed by atoms with van der Waals surface area (Å²) in [5.41, 5.74) is 1.94. The van der Waals surface area contributed by atoms with Crippen molar-refractivity contribution in [1.82, 2.24) is 10.3 Å². The second kappa shape index (κ2) is 8.29. The molecule has 1 heterocycles. The summed E-state index contributed by atoms with van der Waals surface area (Å²) in [4.78, 5) is 16.2. The molecule has 0 fully saturated rings. The van der Waals surface area contributed by atoms with Crippen LogP contribution >= 0.6 is 0 Å². The zero-order chi connectivity index (χ0) is 20.1. The van der Waals surface area contributed by atoms with Crippen LogP contribution in [-0.2, 0) is 23.9 Å². The number of aryl methyl sites for hydroxylation is 2. The quantitative estimate of drug-likeness (QED) is 0.652. The summed E-state index contributed by atoms with van der Waals surface area (Å²) in [6, 6.07) is 12.5. The summed E-state index contributed by atoms with van der Waals surface area (Å²) in [6.45, 7) is 2.16. The first-order valence-electron chi connectivity index (χ1n) is 8.76. The minimum atomic E-state index is -4.37. The molecule has 0 aliphatic heterocycles. The number of oxazole rings is 1. The van der Waals surface area contributed by atoms with Gasteiger partial charge < -0.3 is 9.73 Å². The number of hydrogen-bond donors (Lipinski definition) is 1. The molecule has 0 saturated heterocycles. The van der Waals surface area contributed by atoms with Gasteiger partial charge in [-0.05, 0) is 24.6 Å². The van der Waals surface area contributed by atoms with Crippen LogP contribution in [0.4, 0.5) is 13.2 Å². The Bertz CT molecular complexity index is 930. The fraction of sp³-hybridized carbons (Fsp3) is 0.238. The Kier molecular flexibility index (Phi) is 5.82. The van der Waals surface area contributed by atoms with Crippen LogP contribution in [0.1, 0.15) is 29.0 Å². The first kappa shape index (κ1) is 19.7. The highest BCUT2D eigenvalue weighted by Gasteiger charge is 2.29. The molecule has 0 spiro atoms. The predicted octanol–water partition coefficient (Wildman–Crippen LogP) is 4.92. The zero-order valence-electron chi connectivity index (χ0n) is 15.2. The maximum absolute atomic E-state index is 12.5. The second-order valence-corrected chi connectivity index (χ2v) is 6.46. The molecule has 0 aliphatic rings. The highest BCUT2D eigenvalue weighted by molar-refractivity contribution is 5.76. The molecule has 0 unspecified atom stereocenters. The van der Waals surface area contributed by atoms with Gasteiger partial charge in [0.25, 0.3) is 0 Å². The van der Waals surface area contributed by atoms with Gasteiger partial charge in [0.1, 0.15) is 0 Å². The van der Waals surface area contributed by atoms with Crippen molar-refractivity contribution in [3.63, 3.8) is 0 Å². The van der Waals surface area contributed by atoms with Crippen molar-refractivity contribution in [2.24, 2.45) is 0 Å². The largest absolute Gasteiger partial charge is 0.441 e. The number of aromatic nitrogens is 1. The van der Waals surface area contributed by atoms with E-state index in [9.17, 15) is 18.0 Å². The zero-order valence-corrected chi connectivity index (χ0v) is 15.2. The van der Waals surface area contributed by atoms with Crippen molar-refractivity contribution in [2.75, 3.05) is 0 Å². The Balaban J connectivity index is 1.47. The molecule has 3 aromatic rings. The van der Waals surface area contributed by atoms with E-state index in [1.54, 1.807) is 6.20 Å². The van der Waals surface area contributed by atoms with E-state index >= 15 is 0 Å². The van der Waals surface area contributed by atoms with E-state index in [1.807, 2.05) is 31.2 Å². The molecular formula is C21H19F3N2O2. The number of hydrogen-bond acceptors (Lipinski definition) is 3. The Labute approximate surface area is 160 Å². The number of nitrogens with zero attached hydrogens (tertiary/aromatic N) is 1. The number of benzene rings is 2. The van der Waals surface area contributed by atoms with Crippen LogP contribution < -0.4 is 5.32 Å². The van der Waals surface area contributed by atoms with Crippen LogP contribution in [-0.4, -0.2) is 10.9 Å². The molecule has 1 aromatic heterocycles. The smallest absolute Gasteiger partial charge is 0.416 e. The van der Waals surface area contributed by atoms with Crippen molar-refractivity contribution < 1.29 is 22.4 Å². The third-order valence-corrected chi connectivity index (χ3v) is 4.23. The third kappa shape index (κ3) is 5.22. The predicted molar refractivity (Wildman–Crippen MR) is 98.3 cm³/mol. The van der Waals surface area contributed by atoms with E-state index in [1.165, 1.54) is 12.1 Å². The topological polar surface area (TPSA) is 55.1 Å². The van der Waals surface area contributed by atoms with Crippen LogP contribution in [0.5, 0.6) is 0 Å². The van der Waals surface area contributed by atoms with Crippen LogP contribution in [0.2, 0.25) is 0 Å². The molecule has 7 heteroatoms. The monoisotopic (exact) mass is 388 g/mol. The molecule has 2 aromatic carbocycles. The van der Waals surface area contributed by atoms with Crippen LogP contribution in [0.15, 0.2) is 59.1 Å². The SMILES string of the molecule is Cc1ccc(-c2cnc(CCC(=O)NCc3ccc(C(F)(F)F)cc3)o2)cc1. The van der Waals surface area contributed by atoms with Gasteiger partial charge in [0.15, 0.2) is 11.7 Å². The summed E-state index contributed by atoms with van der Waals surface area (Å²) in [5.74, 6) is 0.871. The van der Waals surface area contributed by atoms with Crippen molar-refractivity contribution >= 4 is 5.91 Å². The van der Waals surface area contributed by atoms with E-state index in [-0.39, 0.29) is 18.9 Å². The van der Waals surface area contributed by atoms with Crippen LogP contribution in [0.3, 0.4) is 0 Å². The summed E-state index contributed by atoms with van der Waals surface area (Å²) in [5, 5.41) is 2.68. The maximum atomic E-state index is 12.5. The lowest BCUT2D eigenvalue weighted by molar-refractivity contribution is -0.137.